The maximum Gasteiger partial charge on any atom is 0.490 e. The monoisotopic (exact) mass is 641 g/mol. The van der Waals surface area contributed by atoms with Crippen LogP contribution in [-0.2, 0) is 47.5 Å². The fraction of sp³-hybridized carbons (Fsp3) is 0.400. The highest BCUT2D eigenvalue weighted by atomic mass is 31.3. The van der Waals surface area contributed by atoms with Crippen LogP contribution in [0.15, 0.2) is 47.4 Å². The SMILES string of the molecule is C#CCCOP(=O)(O)OP(=O)(O)OP(=O)(O)OC[C@H]1O[C@@H](n2ccc(NOCc3ccccc3)nc2=O)[C@H](O)[C@@H]1O. The van der Waals surface area contributed by atoms with Crippen LogP contribution < -0.4 is 11.2 Å². The minimum atomic E-state index is -5.72. The molecule has 1 aromatic heterocycles. The number of terminal acetylenes is 1. The summed E-state index contributed by atoms with van der Waals surface area (Å²) >= 11 is 0. The smallest absolute Gasteiger partial charge is 0.387 e. The zero-order valence-electron chi connectivity index (χ0n) is 20.8. The van der Waals surface area contributed by atoms with Gasteiger partial charge in [0.15, 0.2) is 12.0 Å². The van der Waals surface area contributed by atoms with Crippen LogP contribution in [0.2, 0.25) is 0 Å². The van der Waals surface area contributed by atoms with Gasteiger partial charge in [-0.1, -0.05) is 30.3 Å². The van der Waals surface area contributed by atoms with Crippen LogP contribution in [0.5, 0.6) is 0 Å². The summed E-state index contributed by atoms with van der Waals surface area (Å²) in [6.07, 6.45) is -0.666. The number of benzene rings is 1. The van der Waals surface area contributed by atoms with E-state index in [4.69, 9.17) is 16.0 Å². The quantitative estimate of drug-likeness (QED) is 0.0680. The number of hydrogen-bond acceptors (Lipinski definition) is 14. The molecule has 1 aliphatic rings. The van der Waals surface area contributed by atoms with Gasteiger partial charge in [-0.05, 0) is 11.6 Å². The molecule has 1 aliphatic heterocycles. The third-order valence-corrected chi connectivity index (χ3v) is 9.30. The Bertz CT molecular complexity index is 1420. The molecule has 21 heteroatoms. The average Bonchev–Trinajstić information content (AvgIpc) is 3.15. The van der Waals surface area contributed by atoms with Crippen molar-refractivity contribution >= 4 is 29.3 Å². The predicted molar refractivity (Wildman–Crippen MR) is 136 cm³/mol. The van der Waals surface area contributed by atoms with Crippen molar-refractivity contribution in [3.63, 3.8) is 0 Å². The molecule has 7 atom stereocenters. The molecule has 0 amide bonds. The normalized spacial score (nSPS) is 25.0. The molecule has 2 aromatic rings. The first-order valence-electron chi connectivity index (χ1n) is 11.4. The lowest BCUT2D eigenvalue weighted by atomic mass is 10.1. The van der Waals surface area contributed by atoms with Gasteiger partial charge in [-0.3, -0.25) is 18.5 Å². The molecule has 18 nitrogen and oxygen atoms in total. The average molecular weight is 641 g/mol. The van der Waals surface area contributed by atoms with E-state index in [-0.39, 0.29) is 18.8 Å². The fourth-order valence-corrected chi connectivity index (χ4v) is 6.75. The summed E-state index contributed by atoms with van der Waals surface area (Å²) in [6, 6.07) is 10.4. The molecule has 1 aromatic carbocycles. The van der Waals surface area contributed by atoms with E-state index >= 15 is 0 Å². The summed E-state index contributed by atoms with van der Waals surface area (Å²) in [4.78, 5) is 50.2. The first kappa shape index (κ1) is 33.2. The van der Waals surface area contributed by atoms with Gasteiger partial charge in [0.2, 0.25) is 0 Å². The van der Waals surface area contributed by atoms with Crippen LogP contribution in [0, 0.1) is 12.3 Å². The predicted octanol–water partition coefficient (Wildman–Crippen LogP) is 0.797. The third kappa shape index (κ3) is 10.2. The summed E-state index contributed by atoms with van der Waals surface area (Å²) in [5, 5.41) is 20.6. The van der Waals surface area contributed by atoms with Gasteiger partial charge < -0.3 is 29.6 Å². The van der Waals surface area contributed by atoms with Crippen molar-refractivity contribution in [3.8, 4) is 12.3 Å². The van der Waals surface area contributed by atoms with Gasteiger partial charge in [-0.2, -0.15) is 13.6 Å². The van der Waals surface area contributed by atoms with Crippen molar-refractivity contribution < 1.29 is 65.8 Å². The molecule has 0 spiro atoms. The Hall–Kier alpha value is -2.29. The van der Waals surface area contributed by atoms with Crippen molar-refractivity contribution in [2.75, 3.05) is 18.7 Å². The number of rotatable bonds is 15. The molecule has 0 radical (unpaired) electrons. The van der Waals surface area contributed by atoms with Crippen LogP contribution in [0.3, 0.4) is 0 Å². The lowest BCUT2D eigenvalue weighted by molar-refractivity contribution is -0.0541. The maximum absolute atomic E-state index is 12.5. The highest BCUT2D eigenvalue weighted by Crippen LogP contribution is 2.67. The van der Waals surface area contributed by atoms with Crippen LogP contribution in [0.4, 0.5) is 5.82 Å². The first-order valence-corrected chi connectivity index (χ1v) is 15.9. The van der Waals surface area contributed by atoms with Crippen LogP contribution >= 0.6 is 23.5 Å². The van der Waals surface area contributed by atoms with E-state index in [9.17, 15) is 43.4 Å². The molecule has 0 aliphatic carbocycles. The molecule has 0 bridgehead atoms. The van der Waals surface area contributed by atoms with E-state index < -0.39 is 66.9 Å². The number of nitrogens with zero attached hydrogens (tertiary/aromatic N) is 2. The maximum atomic E-state index is 12.5. The highest BCUT2D eigenvalue weighted by Gasteiger charge is 2.47. The Balaban J connectivity index is 1.55. The van der Waals surface area contributed by atoms with Crippen LogP contribution in [0.1, 0.15) is 18.2 Å². The van der Waals surface area contributed by atoms with E-state index in [0.29, 0.717) is 0 Å². The number of aliphatic hydroxyl groups excluding tert-OH is 2. The fourth-order valence-electron chi connectivity index (χ4n) is 3.24. The summed E-state index contributed by atoms with van der Waals surface area (Å²) in [5.74, 6) is 2.09. The van der Waals surface area contributed by atoms with Crippen molar-refractivity contribution in [2.45, 2.75) is 37.6 Å². The van der Waals surface area contributed by atoms with Gasteiger partial charge in [0.05, 0.1) is 19.8 Å². The molecule has 41 heavy (non-hydrogen) atoms. The zero-order chi connectivity index (χ0) is 30.3. The molecule has 6 N–H and O–H groups in total. The van der Waals surface area contributed by atoms with Gasteiger partial charge in [0.1, 0.15) is 18.3 Å². The number of phosphoric acid groups is 3. The molecular formula is C20H26N3O15P3. The minimum absolute atomic E-state index is 0.0259. The lowest BCUT2D eigenvalue weighted by Crippen LogP contribution is -2.36. The molecule has 3 unspecified atom stereocenters. The summed E-state index contributed by atoms with van der Waals surface area (Å²) in [5.41, 5.74) is 2.41. The van der Waals surface area contributed by atoms with Gasteiger partial charge in [-0.25, -0.2) is 24.0 Å². The molecule has 3 rings (SSSR count). The van der Waals surface area contributed by atoms with Crippen molar-refractivity contribution in [2.24, 2.45) is 0 Å². The number of ether oxygens (including phenoxy) is 1. The van der Waals surface area contributed by atoms with Gasteiger partial charge >= 0.3 is 29.2 Å². The Morgan fingerprint density at radius 2 is 1.66 bits per heavy atom. The number of phosphoric ester groups is 2. The number of aromatic nitrogens is 2. The largest absolute Gasteiger partial charge is 0.490 e. The van der Waals surface area contributed by atoms with E-state index in [1.807, 2.05) is 30.3 Å². The second-order valence-corrected chi connectivity index (χ2v) is 12.7. The number of aliphatic hydroxyl groups is 2. The molecular weight excluding hydrogens is 615 g/mol. The second-order valence-electron chi connectivity index (χ2n) is 8.08. The van der Waals surface area contributed by atoms with E-state index in [0.717, 1.165) is 10.1 Å². The third-order valence-electron chi connectivity index (χ3n) is 5.02. The lowest BCUT2D eigenvalue weighted by Gasteiger charge is -2.20. The Kier molecular flexibility index (Phi) is 11.5. The Morgan fingerprint density at radius 1 is 1.00 bits per heavy atom. The van der Waals surface area contributed by atoms with Crippen molar-refractivity contribution in [1.82, 2.24) is 9.55 Å². The van der Waals surface area contributed by atoms with Gasteiger partial charge in [-0.15, -0.1) is 12.3 Å². The van der Waals surface area contributed by atoms with Crippen LogP contribution in [0.25, 0.3) is 0 Å². The summed E-state index contributed by atoms with van der Waals surface area (Å²) in [7, 11) is -16.5. The number of nitrogens with one attached hydrogen (secondary N) is 1. The van der Waals surface area contributed by atoms with E-state index in [2.05, 4.69) is 34.1 Å². The Labute approximate surface area is 232 Å². The minimum Gasteiger partial charge on any atom is -0.387 e. The topological polar surface area (TPSA) is 255 Å². The number of anilines is 1. The second kappa shape index (κ2) is 14.3. The number of hydrogen-bond donors (Lipinski definition) is 6. The zero-order valence-corrected chi connectivity index (χ0v) is 23.5. The molecule has 1 fully saturated rings. The molecule has 2 heterocycles. The van der Waals surface area contributed by atoms with Gasteiger partial charge in [0.25, 0.3) is 0 Å². The molecule has 1 saturated heterocycles. The summed E-state index contributed by atoms with van der Waals surface area (Å²) in [6.45, 7) is -1.40. The van der Waals surface area contributed by atoms with Crippen LogP contribution in [-0.4, -0.2) is 66.0 Å². The summed E-state index contributed by atoms with van der Waals surface area (Å²) < 4.78 is 58.5. The highest BCUT2D eigenvalue weighted by molar-refractivity contribution is 7.66. The molecule has 226 valence electrons. The molecule has 0 saturated carbocycles. The van der Waals surface area contributed by atoms with Crippen molar-refractivity contribution in [1.29, 1.82) is 0 Å². The van der Waals surface area contributed by atoms with Crippen molar-refractivity contribution in [3.05, 3.63) is 58.6 Å². The first-order chi connectivity index (χ1) is 19.2. The Morgan fingerprint density at radius 3 is 2.29 bits per heavy atom. The van der Waals surface area contributed by atoms with E-state index in [1.165, 1.54) is 12.3 Å². The van der Waals surface area contributed by atoms with Gasteiger partial charge in [0, 0.05) is 12.6 Å². The van der Waals surface area contributed by atoms with E-state index in [1.54, 1.807) is 0 Å². The standard InChI is InChI=1S/C20H26N3O15P3/c1-2-3-11-34-39(27,28)37-41(31,32)38-40(29,30)35-13-15-17(24)18(25)19(36-15)23-10-9-16(21-20(23)26)22-33-12-14-7-5-4-6-8-14/h1,4-10,15,17-19,24-25H,3,11-13H2,(H,27,28)(H,29,30)(H,31,32)(H,21,22,26)/t15-,17-,18-,19-/m1/s1.